The number of aromatic nitrogens is 1. The lowest BCUT2D eigenvalue weighted by Crippen LogP contribution is -2.36. The van der Waals surface area contributed by atoms with Gasteiger partial charge in [-0.05, 0) is 5.39 Å². The fraction of sp³-hybridized carbons (Fsp3) is 0.0833. The van der Waals surface area contributed by atoms with Gasteiger partial charge in [0.15, 0.2) is 0 Å². The second kappa shape index (κ2) is 4.80. The minimum atomic E-state index is -0.667. The standard InChI is InChI=1S/C12H11N3O3/c13-6-10(17)15-12(18)11-8-4-2-1-3-7(8)5-9(16)14-11/h1-5H,6,13H2,(H,14,16)(H,15,17,18). The summed E-state index contributed by atoms with van der Waals surface area (Å²) in [6.07, 6.45) is 0. The zero-order valence-corrected chi connectivity index (χ0v) is 9.40. The summed E-state index contributed by atoms with van der Waals surface area (Å²) in [7, 11) is 0. The zero-order chi connectivity index (χ0) is 13.1. The molecule has 0 atom stereocenters. The molecule has 0 spiro atoms. The first kappa shape index (κ1) is 12.0. The number of hydrogen-bond acceptors (Lipinski definition) is 4. The van der Waals surface area contributed by atoms with Gasteiger partial charge in [0.1, 0.15) is 5.69 Å². The number of carbonyl (C=O) groups excluding carboxylic acids is 2. The molecule has 4 N–H and O–H groups in total. The summed E-state index contributed by atoms with van der Waals surface area (Å²) in [5, 5.41) is 3.29. The van der Waals surface area contributed by atoms with Crippen LogP contribution >= 0.6 is 0 Å². The lowest BCUT2D eigenvalue weighted by Gasteiger charge is -2.05. The largest absolute Gasteiger partial charge is 0.322 e. The molecule has 1 aromatic heterocycles. The van der Waals surface area contributed by atoms with Crippen molar-refractivity contribution in [2.45, 2.75) is 0 Å². The number of nitrogens with one attached hydrogen (secondary N) is 2. The fourth-order valence-corrected chi connectivity index (χ4v) is 1.64. The van der Waals surface area contributed by atoms with E-state index in [0.29, 0.717) is 10.8 Å². The molecule has 0 saturated heterocycles. The van der Waals surface area contributed by atoms with Gasteiger partial charge in [0.2, 0.25) is 11.5 Å². The molecule has 2 aromatic rings. The Morgan fingerprint density at radius 2 is 2.00 bits per heavy atom. The minimum absolute atomic E-state index is 0.0555. The van der Waals surface area contributed by atoms with E-state index in [4.69, 9.17) is 5.73 Å². The van der Waals surface area contributed by atoms with Gasteiger partial charge in [-0.1, -0.05) is 24.3 Å². The second-order valence-electron chi connectivity index (χ2n) is 3.68. The van der Waals surface area contributed by atoms with Crippen LogP contribution in [0.5, 0.6) is 0 Å². The van der Waals surface area contributed by atoms with Crippen LogP contribution in [0.3, 0.4) is 0 Å². The van der Waals surface area contributed by atoms with Crippen molar-refractivity contribution in [1.82, 2.24) is 10.3 Å². The number of fused-ring (bicyclic) bond motifs is 1. The molecular formula is C12H11N3O3. The summed E-state index contributed by atoms with van der Waals surface area (Å²) in [5.74, 6) is -1.27. The Morgan fingerprint density at radius 3 is 2.72 bits per heavy atom. The van der Waals surface area contributed by atoms with Crippen molar-refractivity contribution in [2.75, 3.05) is 6.54 Å². The van der Waals surface area contributed by atoms with Crippen molar-refractivity contribution in [3.05, 3.63) is 46.4 Å². The van der Waals surface area contributed by atoms with E-state index in [1.54, 1.807) is 24.3 Å². The molecule has 6 nitrogen and oxygen atoms in total. The highest BCUT2D eigenvalue weighted by Gasteiger charge is 2.13. The van der Waals surface area contributed by atoms with Crippen molar-refractivity contribution >= 4 is 22.6 Å². The third kappa shape index (κ3) is 2.28. The van der Waals surface area contributed by atoms with Crippen LogP contribution in [0.4, 0.5) is 0 Å². The Morgan fingerprint density at radius 1 is 1.28 bits per heavy atom. The van der Waals surface area contributed by atoms with Gasteiger partial charge in [0.05, 0.1) is 6.54 Å². The zero-order valence-electron chi connectivity index (χ0n) is 9.40. The van der Waals surface area contributed by atoms with E-state index >= 15 is 0 Å². The minimum Gasteiger partial charge on any atom is -0.322 e. The average molecular weight is 245 g/mol. The summed E-state index contributed by atoms with van der Waals surface area (Å²) in [4.78, 5) is 36.7. The van der Waals surface area contributed by atoms with Gasteiger partial charge in [0, 0.05) is 11.5 Å². The van der Waals surface area contributed by atoms with Crippen LogP contribution in [0, 0.1) is 0 Å². The summed E-state index contributed by atoms with van der Waals surface area (Å²) < 4.78 is 0. The Balaban J connectivity index is 2.53. The third-order valence-corrected chi connectivity index (χ3v) is 2.43. The molecule has 92 valence electrons. The maximum absolute atomic E-state index is 11.8. The number of hydrogen-bond donors (Lipinski definition) is 3. The topological polar surface area (TPSA) is 105 Å². The maximum Gasteiger partial charge on any atom is 0.275 e. The predicted molar refractivity (Wildman–Crippen MR) is 66.1 cm³/mol. The SMILES string of the molecule is NCC(=O)NC(=O)c1[nH]c(=O)cc2ccccc12. The number of carbonyl (C=O) groups is 2. The van der Waals surface area contributed by atoms with Crippen molar-refractivity contribution in [3.63, 3.8) is 0 Å². The Bertz CT molecular complexity index is 676. The summed E-state index contributed by atoms with van der Waals surface area (Å²) >= 11 is 0. The molecule has 1 aromatic carbocycles. The van der Waals surface area contributed by atoms with Crippen molar-refractivity contribution < 1.29 is 9.59 Å². The summed E-state index contributed by atoms with van der Waals surface area (Å²) in [5.41, 5.74) is 4.76. The van der Waals surface area contributed by atoms with Gasteiger partial charge < -0.3 is 10.7 Å². The highest BCUT2D eigenvalue weighted by atomic mass is 16.2. The van der Waals surface area contributed by atoms with Gasteiger partial charge in [-0.25, -0.2) is 0 Å². The molecule has 0 saturated carbocycles. The monoisotopic (exact) mass is 245 g/mol. The van der Waals surface area contributed by atoms with Crippen LogP contribution in [0.15, 0.2) is 35.1 Å². The first-order chi connectivity index (χ1) is 8.61. The second-order valence-corrected chi connectivity index (χ2v) is 3.68. The quantitative estimate of drug-likeness (QED) is 0.678. The van der Waals surface area contributed by atoms with Gasteiger partial charge in [0.25, 0.3) is 5.91 Å². The molecule has 0 unspecified atom stereocenters. The Kier molecular flexibility index (Phi) is 3.20. The van der Waals surface area contributed by atoms with Crippen LogP contribution < -0.4 is 16.6 Å². The van der Waals surface area contributed by atoms with Crippen LogP contribution in [-0.2, 0) is 4.79 Å². The molecule has 0 fully saturated rings. The molecule has 0 aliphatic heterocycles. The average Bonchev–Trinajstić information content (AvgIpc) is 2.37. The van der Waals surface area contributed by atoms with Crippen LogP contribution in [0.1, 0.15) is 10.5 Å². The molecular weight excluding hydrogens is 234 g/mol. The molecule has 2 amide bonds. The smallest absolute Gasteiger partial charge is 0.275 e. The molecule has 6 heteroatoms. The number of rotatable bonds is 2. The Labute approximate surface area is 102 Å². The number of nitrogens with two attached hydrogens (primary N) is 1. The van der Waals surface area contributed by atoms with E-state index in [0.717, 1.165) is 0 Å². The van der Waals surface area contributed by atoms with Crippen molar-refractivity contribution in [1.29, 1.82) is 0 Å². The molecule has 0 bridgehead atoms. The first-order valence-electron chi connectivity index (χ1n) is 5.28. The first-order valence-corrected chi connectivity index (χ1v) is 5.28. The highest BCUT2D eigenvalue weighted by Crippen LogP contribution is 2.14. The van der Waals surface area contributed by atoms with E-state index in [2.05, 4.69) is 10.3 Å². The number of imide groups is 1. The maximum atomic E-state index is 11.8. The normalized spacial score (nSPS) is 10.3. The molecule has 1 heterocycles. The van der Waals surface area contributed by atoms with Crippen molar-refractivity contribution in [2.24, 2.45) is 5.73 Å². The van der Waals surface area contributed by atoms with Gasteiger partial charge in [-0.2, -0.15) is 0 Å². The third-order valence-electron chi connectivity index (χ3n) is 2.43. The number of pyridine rings is 1. The predicted octanol–water partition coefficient (Wildman–Crippen LogP) is -0.257. The van der Waals surface area contributed by atoms with Gasteiger partial charge in [-0.3, -0.25) is 19.7 Å². The highest BCUT2D eigenvalue weighted by molar-refractivity contribution is 6.10. The lowest BCUT2D eigenvalue weighted by atomic mass is 10.1. The van der Waals surface area contributed by atoms with Crippen LogP contribution in [-0.4, -0.2) is 23.3 Å². The number of aromatic amines is 1. The lowest BCUT2D eigenvalue weighted by molar-refractivity contribution is -0.118. The molecule has 0 radical (unpaired) electrons. The molecule has 2 rings (SSSR count). The summed E-state index contributed by atoms with van der Waals surface area (Å²) in [6, 6.07) is 8.28. The Hall–Kier alpha value is -2.47. The van der Waals surface area contributed by atoms with Crippen LogP contribution in [0.25, 0.3) is 10.8 Å². The van der Waals surface area contributed by atoms with E-state index < -0.39 is 17.4 Å². The number of H-pyrrole nitrogens is 1. The fourth-order valence-electron chi connectivity index (χ4n) is 1.64. The van der Waals surface area contributed by atoms with E-state index in [-0.39, 0.29) is 12.2 Å². The number of amides is 2. The van der Waals surface area contributed by atoms with E-state index in [9.17, 15) is 14.4 Å². The van der Waals surface area contributed by atoms with E-state index in [1.165, 1.54) is 6.07 Å². The van der Waals surface area contributed by atoms with Gasteiger partial charge in [-0.15, -0.1) is 0 Å². The molecule has 0 aliphatic carbocycles. The van der Waals surface area contributed by atoms with E-state index in [1.807, 2.05) is 0 Å². The van der Waals surface area contributed by atoms with Gasteiger partial charge >= 0.3 is 0 Å². The van der Waals surface area contributed by atoms with Crippen LogP contribution in [0.2, 0.25) is 0 Å². The molecule has 0 aliphatic rings. The summed E-state index contributed by atoms with van der Waals surface area (Å²) in [6.45, 7) is -0.291. The van der Waals surface area contributed by atoms with Crippen molar-refractivity contribution in [3.8, 4) is 0 Å². The number of benzene rings is 1. The molecule has 18 heavy (non-hydrogen) atoms.